The molecule has 2 rings (SSSR count). The Labute approximate surface area is 129 Å². The molecule has 2 atom stereocenters. The number of anilines is 1. The molecule has 21 heavy (non-hydrogen) atoms. The predicted octanol–water partition coefficient (Wildman–Crippen LogP) is 3.91. The van der Waals surface area contributed by atoms with Crippen LogP contribution in [0, 0.1) is 0 Å². The summed E-state index contributed by atoms with van der Waals surface area (Å²) < 4.78 is 12.4. The molecule has 0 aliphatic carbocycles. The molecule has 0 bridgehead atoms. The van der Waals surface area contributed by atoms with Gasteiger partial charge in [0.2, 0.25) is 0 Å². The number of nitrogens with two attached hydrogens (primary N) is 1. The van der Waals surface area contributed by atoms with Crippen molar-refractivity contribution in [1.29, 1.82) is 0 Å². The maximum atomic E-state index is 6.54. The lowest BCUT2D eigenvalue weighted by Gasteiger charge is -2.41. The molecule has 0 amide bonds. The zero-order valence-corrected chi connectivity index (χ0v) is 14.8. The Morgan fingerprint density at radius 1 is 1.38 bits per heavy atom. The highest BCUT2D eigenvalue weighted by atomic mass is 28.4. The molecule has 1 aliphatic heterocycles. The monoisotopic (exact) mass is 308 g/mol. The van der Waals surface area contributed by atoms with Crippen LogP contribution in [0.2, 0.25) is 18.1 Å². The van der Waals surface area contributed by atoms with E-state index in [4.69, 9.17) is 14.9 Å². The summed E-state index contributed by atoms with van der Waals surface area (Å²) in [4.78, 5) is 4.05. The fourth-order valence-corrected chi connectivity index (χ4v) is 3.80. The summed E-state index contributed by atoms with van der Waals surface area (Å²) in [5.74, 6) is 0. The molecule has 0 unspecified atom stereocenters. The van der Waals surface area contributed by atoms with E-state index in [2.05, 4.69) is 38.8 Å². The minimum absolute atomic E-state index is 0.0246. The number of nitrogen functional groups attached to an aromatic ring is 1. The van der Waals surface area contributed by atoms with Crippen LogP contribution in [0.5, 0.6) is 0 Å². The van der Waals surface area contributed by atoms with Crippen molar-refractivity contribution < 1.29 is 9.16 Å². The zero-order valence-electron chi connectivity index (χ0n) is 13.8. The molecule has 1 aromatic rings. The molecule has 118 valence electrons. The van der Waals surface area contributed by atoms with E-state index >= 15 is 0 Å². The number of aromatic nitrogens is 1. The number of hydrogen-bond acceptors (Lipinski definition) is 4. The molecular weight excluding hydrogens is 280 g/mol. The van der Waals surface area contributed by atoms with Crippen molar-refractivity contribution in [3.8, 4) is 0 Å². The van der Waals surface area contributed by atoms with Crippen molar-refractivity contribution in [1.82, 2.24) is 4.98 Å². The number of pyridine rings is 1. The molecule has 0 saturated carbocycles. The van der Waals surface area contributed by atoms with Gasteiger partial charge in [0.1, 0.15) is 0 Å². The third kappa shape index (κ3) is 3.84. The lowest BCUT2D eigenvalue weighted by Crippen LogP contribution is -2.45. The maximum absolute atomic E-state index is 6.54. The van der Waals surface area contributed by atoms with E-state index in [9.17, 15) is 0 Å². The third-order valence-corrected chi connectivity index (χ3v) is 9.27. The number of hydrogen-bond donors (Lipinski definition) is 1. The van der Waals surface area contributed by atoms with E-state index in [-0.39, 0.29) is 17.2 Å². The van der Waals surface area contributed by atoms with Gasteiger partial charge in [0.25, 0.3) is 0 Å². The summed E-state index contributed by atoms with van der Waals surface area (Å²) in [6.07, 6.45) is 5.59. The van der Waals surface area contributed by atoms with E-state index in [1.165, 1.54) is 0 Å². The fraction of sp³-hybridized carbons (Fsp3) is 0.688. The first-order valence-corrected chi connectivity index (χ1v) is 10.6. The van der Waals surface area contributed by atoms with E-state index in [0.29, 0.717) is 5.69 Å². The first kappa shape index (κ1) is 16.5. The van der Waals surface area contributed by atoms with Crippen LogP contribution in [0.3, 0.4) is 0 Å². The lowest BCUT2D eigenvalue weighted by molar-refractivity contribution is -0.0399. The van der Waals surface area contributed by atoms with Gasteiger partial charge >= 0.3 is 0 Å². The van der Waals surface area contributed by atoms with E-state index in [1.807, 2.05) is 6.07 Å². The van der Waals surface area contributed by atoms with Crippen LogP contribution in [0.1, 0.15) is 45.3 Å². The van der Waals surface area contributed by atoms with Gasteiger partial charge in [-0.15, -0.1) is 0 Å². The Bertz CT molecular complexity index is 485. The van der Waals surface area contributed by atoms with Gasteiger partial charge in [0.05, 0.1) is 24.1 Å². The predicted molar refractivity (Wildman–Crippen MR) is 88.6 cm³/mol. The summed E-state index contributed by atoms with van der Waals surface area (Å²) in [7, 11) is -1.74. The average Bonchev–Trinajstić information content (AvgIpc) is 2.37. The van der Waals surface area contributed by atoms with Crippen LogP contribution in [0.15, 0.2) is 18.5 Å². The van der Waals surface area contributed by atoms with Crippen LogP contribution in [0.4, 0.5) is 5.69 Å². The average molecular weight is 308 g/mol. The van der Waals surface area contributed by atoms with Crippen molar-refractivity contribution >= 4 is 14.0 Å². The molecule has 0 spiro atoms. The fourth-order valence-electron chi connectivity index (χ4n) is 2.39. The van der Waals surface area contributed by atoms with Gasteiger partial charge in [0.15, 0.2) is 8.32 Å². The standard InChI is InChI=1S/C16H28N2O2Si/c1-16(2,3)21(4,5)20-12-7-9-19-15(10-12)13-6-8-18-11-14(13)17/h6,8,11-12,15H,7,9-10,17H2,1-5H3/t12-,15+/m0/s1. The maximum Gasteiger partial charge on any atom is 0.192 e. The SMILES string of the molecule is CC(C)(C)[Si](C)(C)O[C@H]1CCO[C@@H](c2ccncc2N)C1. The molecule has 1 aliphatic rings. The Kier molecular flexibility index (Phi) is 4.75. The second-order valence-electron chi connectivity index (χ2n) is 7.39. The minimum atomic E-state index is -1.74. The smallest absolute Gasteiger partial charge is 0.192 e. The van der Waals surface area contributed by atoms with Crippen LogP contribution in [0.25, 0.3) is 0 Å². The van der Waals surface area contributed by atoms with Crippen LogP contribution in [-0.2, 0) is 9.16 Å². The molecular formula is C16H28N2O2Si. The largest absolute Gasteiger partial charge is 0.414 e. The van der Waals surface area contributed by atoms with Crippen LogP contribution in [-0.4, -0.2) is 26.0 Å². The molecule has 0 radical (unpaired) electrons. The summed E-state index contributed by atoms with van der Waals surface area (Å²) in [5.41, 5.74) is 7.76. The number of ether oxygens (including phenoxy) is 1. The van der Waals surface area contributed by atoms with Crippen molar-refractivity contribution in [2.45, 2.75) is 64.0 Å². The molecule has 1 aromatic heterocycles. The van der Waals surface area contributed by atoms with Crippen LogP contribution < -0.4 is 5.73 Å². The molecule has 1 fully saturated rings. The van der Waals surface area contributed by atoms with Gasteiger partial charge in [-0.25, -0.2) is 0 Å². The van der Waals surface area contributed by atoms with Gasteiger partial charge in [0, 0.05) is 24.8 Å². The second kappa shape index (κ2) is 6.06. The van der Waals surface area contributed by atoms with Crippen molar-refractivity contribution in [2.24, 2.45) is 0 Å². The van der Waals surface area contributed by atoms with E-state index in [0.717, 1.165) is 25.0 Å². The summed E-state index contributed by atoms with van der Waals surface area (Å²) >= 11 is 0. The summed E-state index contributed by atoms with van der Waals surface area (Å²) in [6.45, 7) is 12.2. The Balaban J connectivity index is 2.07. The zero-order chi connectivity index (χ0) is 15.7. The first-order valence-electron chi connectivity index (χ1n) is 7.69. The second-order valence-corrected chi connectivity index (χ2v) is 12.1. The van der Waals surface area contributed by atoms with Crippen molar-refractivity contribution in [3.63, 3.8) is 0 Å². The lowest BCUT2D eigenvalue weighted by atomic mass is 9.99. The topological polar surface area (TPSA) is 57.4 Å². The van der Waals surface area contributed by atoms with E-state index < -0.39 is 8.32 Å². The quantitative estimate of drug-likeness (QED) is 0.860. The van der Waals surface area contributed by atoms with Gasteiger partial charge in [-0.05, 0) is 30.6 Å². The van der Waals surface area contributed by atoms with Gasteiger partial charge in [-0.2, -0.15) is 0 Å². The van der Waals surface area contributed by atoms with Crippen molar-refractivity contribution in [3.05, 3.63) is 24.0 Å². The van der Waals surface area contributed by atoms with Crippen molar-refractivity contribution in [2.75, 3.05) is 12.3 Å². The molecule has 0 aromatic carbocycles. The number of rotatable bonds is 3. The Morgan fingerprint density at radius 2 is 2.10 bits per heavy atom. The third-order valence-electron chi connectivity index (χ3n) is 4.74. The molecule has 5 heteroatoms. The van der Waals surface area contributed by atoms with E-state index in [1.54, 1.807) is 12.4 Å². The molecule has 2 heterocycles. The minimum Gasteiger partial charge on any atom is -0.414 e. The highest BCUT2D eigenvalue weighted by molar-refractivity contribution is 6.74. The molecule has 4 nitrogen and oxygen atoms in total. The Hall–Kier alpha value is -0.913. The van der Waals surface area contributed by atoms with Gasteiger partial charge < -0.3 is 14.9 Å². The highest BCUT2D eigenvalue weighted by Gasteiger charge is 2.40. The highest BCUT2D eigenvalue weighted by Crippen LogP contribution is 2.40. The first-order chi connectivity index (χ1) is 9.71. The summed E-state index contributed by atoms with van der Waals surface area (Å²) in [6, 6.07) is 1.95. The van der Waals surface area contributed by atoms with Crippen LogP contribution >= 0.6 is 0 Å². The van der Waals surface area contributed by atoms with Gasteiger partial charge in [-0.1, -0.05) is 20.8 Å². The normalized spacial score (nSPS) is 24.0. The van der Waals surface area contributed by atoms with Gasteiger partial charge in [-0.3, -0.25) is 4.98 Å². The number of nitrogens with zero attached hydrogens (tertiary/aromatic N) is 1. The molecule has 2 N–H and O–H groups in total. The molecule has 1 saturated heterocycles. The Morgan fingerprint density at radius 3 is 2.71 bits per heavy atom. The summed E-state index contributed by atoms with van der Waals surface area (Å²) in [5, 5.41) is 0.233.